The second-order valence-corrected chi connectivity index (χ2v) is 9.51. The third-order valence-electron chi connectivity index (χ3n) is 7.21. The van der Waals surface area contributed by atoms with E-state index in [0.717, 1.165) is 63.1 Å². The lowest BCUT2D eigenvalue weighted by molar-refractivity contribution is -0.0515. The first-order valence-corrected chi connectivity index (χ1v) is 11.9. The van der Waals surface area contributed by atoms with E-state index in [1.165, 1.54) is 50.3 Å². The van der Waals surface area contributed by atoms with Gasteiger partial charge in [0.2, 0.25) is 0 Å². The molecule has 0 bridgehead atoms. The summed E-state index contributed by atoms with van der Waals surface area (Å²) in [6.07, 6.45) is 11.6. The highest BCUT2D eigenvalue weighted by atomic mass is 35.5. The van der Waals surface area contributed by atoms with Gasteiger partial charge >= 0.3 is 5.97 Å². The van der Waals surface area contributed by atoms with Gasteiger partial charge in [0.15, 0.2) is 6.29 Å². The van der Waals surface area contributed by atoms with E-state index in [1.54, 1.807) is 0 Å². The van der Waals surface area contributed by atoms with E-state index in [2.05, 4.69) is 0 Å². The van der Waals surface area contributed by atoms with Crippen LogP contribution in [0.1, 0.15) is 74.6 Å². The molecule has 0 radical (unpaired) electrons. The molecule has 0 spiro atoms. The van der Waals surface area contributed by atoms with Crippen LogP contribution in [0.2, 0.25) is 5.02 Å². The van der Waals surface area contributed by atoms with Gasteiger partial charge in [-0.3, -0.25) is 0 Å². The lowest BCUT2D eigenvalue weighted by Gasteiger charge is -2.37. The summed E-state index contributed by atoms with van der Waals surface area (Å²) < 4.78 is 30.1. The number of carbonyl (C=O) groups excluding carboxylic acids is 1. The van der Waals surface area contributed by atoms with Crippen LogP contribution in [0.5, 0.6) is 0 Å². The van der Waals surface area contributed by atoms with Gasteiger partial charge in [0, 0.05) is 0 Å². The maximum absolute atomic E-state index is 13.3. The van der Waals surface area contributed by atoms with E-state index in [-0.39, 0.29) is 17.4 Å². The number of carbonyl (C=O) groups is 1. The highest BCUT2D eigenvalue weighted by molar-refractivity contribution is 6.31. The summed E-state index contributed by atoms with van der Waals surface area (Å²) in [5.41, 5.74) is 0.315. The molecule has 0 N–H and O–H groups in total. The zero-order valence-corrected chi connectivity index (χ0v) is 18.2. The van der Waals surface area contributed by atoms with Crippen LogP contribution in [0, 0.1) is 23.6 Å². The number of benzene rings is 1. The molecule has 1 heterocycles. The third-order valence-corrected chi connectivity index (χ3v) is 7.50. The first kappa shape index (κ1) is 22.0. The average Bonchev–Trinajstić information content (AvgIpc) is 3.29. The van der Waals surface area contributed by atoms with E-state index in [9.17, 15) is 9.18 Å². The Kier molecular flexibility index (Phi) is 7.66. The molecule has 0 aromatic heterocycles. The van der Waals surface area contributed by atoms with Crippen molar-refractivity contribution >= 4 is 17.6 Å². The van der Waals surface area contributed by atoms with Crippen LogP contribution < -0.4 is 0 Å². The van der Waals surface area contributed by atoms with Crippen molar-refractivity contribution in [1.29, 1.82) is 0 Å². The van der Waals surface area contributed by atoms with Gasteiger partial charge in [-0.05, 0) is 87.3 Å². The average molecular weight is 439 g/mol. The predicted molar refractivity (Wildman–Crippen MR) is 113 cm³/mol. The van der Waals surface area contributed by atoms with Crippen LogP contribution in [-0.4, -0.2) is 31.6 Å². The number of hydrogen-bond donors (Lipinski definition) is 0. The fourth-order valence-electron chi connectivity index (χ4n) is 5.41. The Morgan fingerprint density at radius 3 is 2.23 bits per heavy atom. The van der Waals surface area contributed by atoms with E-state index in [4.69, 9.17) is 25.8 Å². The van der Waals surface area contributed by atoms with Gasteiger partial charge < -0.3 is 14.2 Å². The molecule has 4 rings (SSSR count). The Morgan fingerprint density at radius 1 is 0.967 bits per heavy atom. The molecule has 1 aromatic carbocycles. The number of ether oxygens (including phenoxy) is 3. The molecule has 30 heavy (non-hydrogen) atoms. The molecule has 0 atom stereocenters. The largest absolute Gasteiger partial charge is 0.459 e. The van der Waals surface area contributed by atoms with Crippen LogP contribution >= 0.6 is 11.6 Å². The van der Waals surface area contributed by atoms with Gasteiger partial charge in [0.05, 0.1) is 23.8 Å². The van der Waals surface area contributed by atoms with Crippen molar-refractivity contribution < 1.29 is 23.4 Å². The van der Waals surface area contributed by atoms with Gasteiger partial charge in [-0.25, -0.2) is 9.18 Å². The van der Waals surface area contributed by atoms with E-state index in [1.807, 2.05) is 0 Å². The first-order chi connectivity index (χ1) is 14.6. The summed E-state index contributed by atoms with van der Waals surface area (Å²) in [6.45, 7) is 1.49. The molecule has 3 aliphatic rings. The Balaban J connectivity index is 1.16. The summed E-state index contributed by atoms with van der Waals surface area (Å²) in [4.78, 5) is 12.3. The molecule has 3 fully saturated rings. The van der Waals surface area contributed by atoms with Gasteiger partial charge in [0.1, 0.15) is 11.9 Å². The molecule has 2 saturated carbocycles. The molecule has 0 amide bonds. The molecule has 4 nitrogen and oxygen atoms in total. The molecule has 6 heteroatoms. The maximum atomic E-state index is 13.3. The topological polar surface area (TPSA) is 44.8 Å². The van der Waals surface area contributed by atoms with Gasteiger partial charge in [-0.1, -0.05) is 24.4 Å². The second-order valence-electron chi connectivity index (χ2n) is 9.10. The zero-order valence-electron chi connectivity index (χ0n) is 17.5. The molecule has 2 aliphatic carbocycles. The zero-order chi connectivity index (χ0) is 20.9. The van der Waals surface area contributed by atoms with Crippen molar-refractivity contribution in [2.75, 3.05) is 13.2 Å². The molecule has 166 valence electrons. The van der Waals surface area contributed by atoms with E-state index < -0.39 is 11.8 Å². The predicted octanol–water partition coefficient (Wildman–Crippen LogP) is 6.15. The molecule has 1 saturated heterocycles. The van der Waals surface area contributed by atoms with Crippen LogP contribution in [-0.2, 0) is 14.2 Å². The van der Waals surface area contributed by atoms with Crippen LogP contribution in [0.25, 0.3) is 0 Å². The van der Waals surface area contributed by atoms with Gasteiger partial charge in [-0.15, -0.1) is 0 Å². The number of esters is 1. The highest BCUT2D eigenvalue weighted by Gasteiger charge is 2.32. The van der Waals surface area contributed by atoms with Crippen molar-refractivity contribution in [3.63, 3.8) is 0 Å². The Morgan fingerprint density at radius 2 is 1.60 bits per heavy atom. The van der Waals surface area contributed by atoms with Crippen molar-refractivity contribution in [3.8, 4) is 0 Å². The van der Waals surface area contributed by atoms with Crippen molar-refractivity contribution in [2.45, 2.75) is 76.6 Å². The summed E-state index contributed by atoms with van der Waals surface area (Å²) in [6, 6.07) is 3.98. The van der Waals surface area contributed by atoms with Crippen LogP contribution in [0.15, 0.2) is 18.2 Å². The van der Waals surface area contributed by atoms with Crippen molar-refractivity contribution in [3.05, 3.63) is 34.6 Å². The second kappa shape index (κ2) is 10.4. The summed E-state index contributed by atoms with van der Waals surface area (Å²) >= 11 is 5.77. The third kappa shape index (κ3) is 5.74. The monoisotopic (exact) mass is 438 g/mol. The van der Waals surface area contributed by atoms with E-state index >= 15 is 0 Å². The Labute approximate surface area is 183 Å². The van der Waals surface area contributed by atoms with E-state index in [0.29, 0.717) is 5.56 Å². The summed E-state index contributed by atoms with van der Waals surface area (Å²) in [7, 11) is 0. The number of rotatable bonds is 6. The van der Waals surface area contributed by atoms with Gasteiger partial charge in [0.25, 0.3) is 0 Å². The Bertz CT molecular complexity index is 705. The minimum atomic E-state index is -0.524. The number of hydrogen-bond acceptors (Lipinski definition) is 4. The molecule has 1 aliphatic heterocycles. The standard InChI is InChI=1S/C24H32ClFO4/c25-21-15-19(8-11-22(21)26)24(27)30-20-9-6-18(7-10-20)17-4-1-16(2-5-17)3-12-23-28-13-14-29-23/h8,11,15-18,20,23H,1-7,9-10,12-14H2/t16-,17-,18-,20-. The minimum Gasteiger partial charge on any atom is -0.459 e. The molecular formula is C24H32ClFO4. The fraction of sp³-hybridized carbons (Fsp3) is 0.708. The lowest BCUT2D eigenvalue weighted by atomic mass is 9.70. The number of halogens is 2. The molecular weight excluding hydrogens is 407 g/mol. The normalized spacial score (nSPS) is 30.3. The molecule has 0 unspecified atom stereocenters. The smallest absolute Gasteiger partial charge is 0.338 e. The maximum Gasteiger partial charge on any atom is 0.338 e. The van der Waals surface area contributed by atoms with Crippen molar-refractivity contribution in [1.82, 2.24) is 0 Å². The summed E-state index contributed by atoms with van der Waals surface area (Å²) in [5.74, 6) is 1.45. The van der Waals surface area contributed by atoms with Crippen LogP contribution in [0.4, 0.5) is 4.39 Å². The minimum absolute atomic E-state index is 0.0339. The fourth-order valence-corrected chi connectivity index (χ4v) is 5.59. The molecule has 1 aromatic rings. The van der Waals surface area contributed by atoms with Crippen LogP contribution in [0.3, 0.4) is 0 Å². The quantitative estimate of drug-likeness (QED) is 0.499. The lowest BCUT2D eigenvalue weighted by Crippen LogP contribution is -2.30. The summed E-state index contributed by atoms with van der Waals surface area (Å²) in [5, 5.41) is -0.0490. The van der Waals surface area contributed by atoms with Gasteiger partial charge in [-0.2, -0.15) is 0 Å². The Hall–Kier alpha value is -1.17. The first-order valence-electron chi connectivity index (χ1n) is 11.5. The highest BCUT2D eigenvalue weighted by Crippen LogP contribution is 2.41. The van der Waals surface area contributed by atoms with Crippen molar-refractivity contribution in [2.24, 2.45) is 17.8 Å². The SMILES string of the molecule is O=C(O[C@H]1CC[C@H]([C@H]2CC[C@H](CCC3OCCO3)CC2)CC1)c1ccc(F)c(Cl)c1.